The van der Waals surface area contributed by atoms with Crippen molar-refractivity contribution in [3.05, 3.63) is 35.8 Å². The van der Waals surface area contributed by atoms with Crippen molar-refractivity contribution < 1.29 is 9.90 Å². The Morgan fingerprint density at radius 2 is 2.22 bits per heavy atom. The monoisotopic (exact) mass is 316 g/mol. The lowest BCUT2D eigenvalue weighted by Crippen LogP contribution is -2.47. The molecular weight excluding hydrogens is 292 g/mol. The van der Waals surface area contributed by atoms with Crippen molar-refractivity contribution in [3.8, 4) is 0 Å². The largest absolute Gasteiger partial charge is 0.396 e. The van der Waals surface area contributed by atoms with E-state index in [1.54, 1.807) is 0 Å². The summed E-state index contributed by atoms with van der Waals surface area (Å²) < 4.78 is 2.01. The summed E-state index contributed by atoms with van der Waals surface area (Å²) in [6.07, 6.45) is 6.10. The molecule has 0 unspecified atom stereocenters. The molecule has 2 atom stereocenters. The van der Waals surface area contributed by atoms with Gasteiger partial charge in [0, 0.05) is 30.5 Å². The number of aliphatic hydroxyl groups is 1. The molecule has 0 aromatic carbocycles. The maximum Gasteiger partial charge on any atom is 0.315 e. The molecule has 124 valence electrons. The first-order valence-corrected chi connectivity index (χ1v) is 8.26. The maximum absolute atomic E-state index is 12.1. The minimum atomic E-state index is -0.191. The van der Waals surface area contributed by atoms with Crippen molar-refractivity contribution in [3.63, 3.8) is 0 Å². The van der Waals surface area contributed by atoms with Crippen molar-refractivity contribution in [1.82, 2.24) is 20.0 Å². The van der Waals surface area contributed by atoms with Crippen LogP contribution in [0.4, 0.5) is 4.79 Å². The molecule has 0 aliphatic heterocycles. The lowest BCUT2D eigenvalue weighted by molar-refractivity contribution is 0.153. The average molecular weight is 316 g/mol. The van der Waals surface area contributed by atoms with E-state index in [1.807, 2.05) is 35.7 Å². The van der Waals surface area contributed by atoms with Crippen molar-refractivity contribution in [1.29, 1.82) is 0 Å². The Balaban J connectivity index is 1.56. The van der Waals surface area contributed by atoms with Gasteiger partial charge in [-0.2, -0.15) is 0 Å². The number of carbonyl (C=O) groups is 1. The topological polar surface area (TPSA) is 78.7 Å². The van der Waals surface area contributed by atoms with Crippen LogP contribution in [0, 0.1) is 12.8 Å². The highest BCUT2D eigenvalue weighted by Gasteiger charge is 2.25. The Kier molecular flexibility index (Phi) is 4.81. The Hall–Kier alpha value is -2.08. The number of hydrogen-bond acceptors (Lipinski definition) is 3. The summed E-state index contributed by atoms with van der Waals surface area (Å²) in [5, 5.41) is 15.3. The van der Waals surface area contributed by atoms with E-state index in [-0.39, 0.29) is 24.6 Å². The zero-order chi connectivity index (χ0) is 16.2. The summed E-state index contributed by atoms with van der Waals surface area (Å²) in [4.78, 5) is 16.6. The highest BCUT2D eigenvalue weighted by atomic mass is 16.3. The number of hydrogen-bond donors (Lipinski definition) is 3. The van der Waals surface area contributed by atoms with Gasteiger partial charge in [0.1, 0.15) is 5.65 Å². The van der Waals surface area contributed by atoms with Crippen molar-refractivity contribution in [2.45, 2.75) is 45.2 Å². The fourth-order valence-electron chi connectivity index (χ4n) is 3.29. The second-order valence-electron chi connectivity index (χ2n) is 6.29. The average Bonchev–Trinajstić information content (AvgIpc) is 2.98. The molecule has 0 bridgehead atoms. The number of aryl methyl sites for hydroxylation is 1. The van der Waals surface area contributed by atoms with Gasteiger partial charge in [-0.15, -0.1) is 0 Å². The molecule has 2 aromatic heterocycles. The summed E-state index contributed by atoms with van der Waals surface area (Å²) >= 11 is 0. The predicted octanol–water partition coefficient (Wildman–Crippen LogP) is 1.99. The van der Waals surface area contributed by atoms with E-state index < -0.39 is 0 Å². The fraction of sp³-hybridized carbons (Fsp3) is 0.529. The van der Waals surface area contributed by atoms with Crippen LogP contribution in [-0.2, 0) is 6.54 Å². The summed E-state index contributed by atoms with van der Waals surface area (Å²) in [7, 11) is 0. The molecular formula is C17H24N4O2. The van der Waals surface area contributed by atoms with Gasteiger partial charge in [0.15, 0.2) is 0 Å². The molecule has 6 nitrogen and oxygen atoms in total. The highest BCUT2D eigenvalue weighted by molar-refractivity contribution is 5.74. The number of carbonyl (C=O) groups excluding carboxylic acids is 1. The predicted molar refractivity (Wildman–Crippen MR) is 88.1 cm³/mol. The van der Waals surface area contributed by atoms with Crippen LogP contribution in [0.2, 0.25) is 0 Å². The molecule has 1 aliphatic rings. The molecule has 23 heavy (non-hydrogen) atoms. The third-order valence-corrected chi connectivity index (χ3v) is 4.64. The lowest BCUT2D eigenvalue weighted by atomic mass is 9.85. The van der Waals surface area contributed by atoms with Crippen molar-refractivity contribution in [2.24, 2.45) is 5.92 Å². The van der Waals surface area contributed by atoms with Gasteiger partial charge in [-0.3, -0.25) is 0 Å². The first kappa shape index (κ1) is 15.8. The van der Waals surface area contributed by atoms with E-state index in [0.717, 1.165) is 42.7 Å². The van der Waals surface area contributed by atoms with Gasteiger partial charge < -0.3 is 20.1 Å². The number of aromatic nitrogens is 2. The number of aliphatic hydroxyl groups excluding tert-OH is 1. The molecule has 2 amide bonds. The van der Waals surface area contributed by atoms with Crippen molar-refractivity contribution >= 4 is 11.7 Å². The number of nitrogens with zero attached hydrogens (tertiary/aromatic N) is 2. The van der Waals surface area contributed by atoms with Crippen molar-refractivity contribution in [2.75, 3.05) is 6.61 Å². The molecule has 2 aromatic rings. The molecule has 0 saturated heterocycles. The van der Waals surface area contributed by atoms with Crippen LogP contribution < -0.4 is 10.6 Å². The van der Waals surface area contributed by atoms with Gasteiger partial charge in [0.25, 0.3) is 0 Å². The van der Waals surface area contributed by atoms with Crippen LogP contribution in [0.1, 0.15) is 37.1 Å². The van der Waals surface area contributed by atoms with E-state index in [1.165, 1.54) is 0 Å². The molecule has 0 spiro atoms. The molecule has 2 heterocycles. The summed E-state index contributed by atoms with van der Waals surface area (Å²) in [6, 6.07) is 5.82. The Bertz CT molecular complexity index is 682. The van der Waals surface area contributed by atoms with Gasteiger partial charge in [0.2, 0.25) is 0 Å². The van der Waals surface area contributed by atoms with Crippen LogP contribution in [0.5, 0.6) is 0 Å². The lowest BCUT2D eigenvalue weighted by Gasteiger charge is -2.30. The quantitative estimate of drug-likeness (QED) is 0.807. The number of urea groups is 1. The fourth-order valence-corrected chi connectivity index (χ4v) is 3.29. The van der Waals surface area contributed by atoms with E-state index in [4.69, 9.17) is 0 Å². The SMILES string of the molecule is Cc1cccc2nc(CNC(=O)N[C@@H]3CCCC[C@H]3CO)cn12. The van der Waals surface area contributed by atoms with Gasteiger partial charge in [-0.25, -0.2) is 9.78 Å². The summed E-state index contributed by atoms with van der Waals surface area (Å²) in [5.41, 5.74) is 2.82. The second-order valence-corrected chi connectivity index (χ2v) is 6.29. The van der Waals surface area contributed by atoms with Gasteiger partial charge in [-0.05, 0) is 31.9 Å². The maximum atomic E-state index is 12.1. The smallest absolute Gasteiger partial charge is 0.315 e. The zero-order valence-electron chi connectivity index (χ0n) is 13.5. The van der Waals surface area contributed by atoms with Gasteiger partial charge in [0.05, 0.1) is 12.2 Å². The summed E-state index contributed by atoms with van der Waals surface area (Å²) in [5.74, 6) is 0.173. The van der Waals surface area contributed by atoms with Crippen LogP contribution in [0.15, 0.2) is 24.4 Å². The molecule has 1 saturated carbocycles. The number of nitrogens with one attached hydrogen (secondary N) is 2. The molecule has 6 heteroatoms. The van der Waals surface area contributed by atoms with Crippen LogP contribution in [-0.4, -0.2) is 33.2 Å². The Morgan fingerprint density at radius 3 is 3.00 bits per heavy atom. The van der Waals surface area contributed by atoms with Crippen LogP contribution in [0.3, 0.4) is 0 Å². The minimum absolute atomic E-state index is 0.0667. The Labute approximate surface area is 135 Å². The number of amides is 2. The van der Waals surface area contributed by atoms with E-state index in [2.05, 4.69) is 15.6 Å². The molecule has 1 aliphatic carbocycles. The van der Waals surface area contributed by atoms with E-state index in [9.17, 15) is 9.90 Å². The Morgan fingerprint density at radius 1 is 1.39 bits per heavy atom. The van der Waals surface area contributed by atoms with E-state index in [0.29, 0.717) is 6.54 Å². The third-order valence-electron chi connectivity index (χ3n) is 4.64. The van der Waals surface area contributed by atoms with Crippen LogP contribution in [0.25, 0.3) is 5.65 Å². The van der Waals surface area contributed by atoms with Crippen LogP contribution >= 0.6 is 0 Å². The minimum Gasteiger partial charge on any atom is -0.396 e. The molecule has 3 rings (SSSR count). The highest BCUT2D eigenvalue weighted by Crippen LogP contribution is 2.23. The zero-order valence-corrected chi connectivity index (χ0v) is 13.5. The summed E-state index contributed by atoms with van der Waals surface area (Å²) in [6.45, 7) is 2.55. The van der Waals surface area contributed by atoms with Gasteiger partial charge in [-0.1, -0.05) is 18.9 Å². The van der Waals surface area contributed by atoms with E-state index >= 15 is 0 Å². The molecule has 3 N–H and O–H groups in total. The molecule has 0 radical (unpaired) electrons. The molecule has 1 fully saturated rings. The third kappa shape index (κ3) is 3.64. The number of rotatable bonds is 4. The number of imidazole rings is 1. The number of fused-ring (bicyclic) bond motifs is 1. The first-order chi connectivity index (χ1) is 11.2. The standard InChI is InChI=1S/C17H24N4O2/c1-12-5-4-8-16-19-14(10-21(12)16)9-18-17(23)20-15-7-3-2-6-13(15)11-22/h4-5,8,10,13,15,22H,2-3,6-7,9,11H2,1H3,(H2,18,20,23)/t13-,15+/m0/s1. The first-order valence-electron chi connectivity index (χ1n) is 8.26. The van der Waals surface area contributed by atoms with Gasteiger partial charge >= 0.3 is 6.03 Å². The second kappa shape index (κ2) is 7.00. The number of pyridine rings is 1. The normalized spacial score (nSPS) is 21.3.